The lowest BCUT2D eigenvalue weighted by Crippen LogP contribution is -2.26. The van der Waals surface area contributed by atoms with E-state index in [-0.39, 0.29) is 16.8 Å². The number of rotatable bonds is 4. The van der Waals surface area contributed by atoms with E-state index in [1.165, 1.54) is 11.3 Å². The second kappa shape index (κ2) is 8.41. The third-order valence-corrected chi connectivity index (χ3v) is 7.15. The summed E-state index contributed by atoms with van der Waals surface area (Å²) in [7, 11) is 0. The number of nitriles is 1. The Morgan fingerprint density at radius 1 is 1.27 bits per heavy atom. The van der Waals surface area contributed by atoms with E-state index in [9.17, 15) is 27.6 Å². The first-order chi connectivity index (χ1) is 15.5. The van der Waals surface area contributed by atoms with Crippen LogP contribution >= 0.6 is 11.3 Å². The molecule has 0 saturated heterocycles. The summed E-state index contributed by atoms with van der Waals surface area (Å²) in [6, 6.07) is 3.80. The Balaban J connectivity index is 1.66. The number of hydrogen-bond acceptors (Lipinski definition) is 5. The number of amides is 1. The molecule has 1 atom stereocenters. The van der Waals surface area contributed by atoms with E-state index in [0.717, 1.165) is 35.8 Å². The van der Waals surface area contributed by atoms with Gasteiger partial charge >= 0.3 is 0 Å². The number of nitrogens with one attached hydrogen (secondary N) is 1. The van der Waals surface area contributed by atoms with E-state index in [4.69, 9.17) is 0 Å². The monoisotopic (exact) mass is 479 g/mol. The molecule has 174 valence electrons. The molecule has 11 heteroatoms. The predicted octanol–water partition coefficient (Wildman–Crippen LogP) is 5.94. The minimum atomic E-state index is -3.09. The lowest BCUT2D eigenvalue weighted by Gasteiger charge is -2.33. The molecule has 0 aromatic carbocycles. The lowest BCUT2D eigenvalue weighted by molar-refractivity contribution is 0.102. The molecule has 3 aromatic rings. The zero-order valence-electron chi connectivity index (χ0n) is 18.1. The summed E-state index contributed by atoms with van der Waals surface area (Å²) in [6.45, 7) is 6.53. The first kappa shape index (κ1) is 23.2. The van der Waals surface area contributed by atoms with Gasteiger partial charge in [0.1, 0.15) is 22.5 Å². The van der Waals surface area contributed by atoms with Crippen LogP contribution in [-0.4, -0.2) is 20.5 Å². The number of anilines is 1. The number of thiophene rings is 1. The summed E-state index contributed by atoms with van der Waals surface area (Å²) < 4.78 is 53.5. The quantitative estimate of drug-likeness (QED) is 0.470. The molecule has 0 radical (unpaired) electrons. The highest BCUT2D eigenvalue weighted by Gasteiger charge is 2.32. The van der Waals surface area contributed by atoms with E-state index < -0.39 is 30.1 Å². The summed E-state index contributed by atoms with van der Waals surface area (Å²) in [4.78, 5) is 17.5. The molecule has 4 rings (SSSR count). The molecule has 3 heterocycles. The molecule has 1 aliphatic carbocycles. The Morgan fingerprint density at radius 2 is 2.00 bits per heavy atom. The molecule has 1 amide bonds. The molecule has 1 N–H and O–H groups in total. The second-order valence-electron chi connectivity index (χ2n) is 9.09. The molecule has 3 aromatic heterocycles. The van der Waals surface area contributed by atoms with Crippen LogP contribution in [0.2, 0.25) is 0 Å². The Labute approximate surface area is 191 Å². The van der Waals surface area contributed by atoms with Gasteiger partial charge in [-0.1, -0.05) is 20.8 Å². The van der Waals surface area contributed by atoms with Gasteiger partial charge in [-0.15, -0.1) is 11.3 Å². The third kappa shape index (κ3) is 4.31. The minimum absolute atomic E-state index is 0.112. The van der Waals surface area contributed by atoms with Crippen molar-refractivity contribution in [3.05, 3.63) is 45.2 Å². The van der Waals surface area contributed by atoms with Crippen LogP contribution in [0.5, 0.6) is 0 Å². The predicted molar refractivity (Wildman–Crippen MR) is 115 cm³/mol. The minimum Gasteiger partial charge on any atom is -0.311 e. The van der Waals surface area contributed by atoms with Gasteiger partial charge in [-0.25, -0.2) is 27.1 Å². The average Bonchev–Trinajstić information content (AvgIpc) is 3.32. The molecule has 1 aliphatic rings. The summed E-state index contributed by atoms with van der Waals surface area (Å²) in [5.41, 5.74) is -0.725. The van der Waals surface area contributed by atoms with Gasteiger partial charge < -0.3 is 5.32 Å². The first-order valence-electron chi connectivity index (χ1n) is 10.3. The van der Waals surface area contributed by atoms with E-state index in [1.807, 2.05) is 0 Å². The number of aromatic nitrogens is 3. The van der Waals surface area contributed by atoms with Crippen molar-refractivity contribution in [2.75, 3.05) is 5.32 Å². The topological polar surface area (TPSA) is 83.1 Å². The van der Waals surface area contributed by atoms with Gasteiger partial charge in [-0.05, 0) is 42.2 Å². The molecule has 0 saturated carbocycles. The largest absolute Gasteiger partial charge is 0.311 e. The van der Waals surface area contributed by atoms with Crippen LogP contribution in [0.25, 0.3) is 5.65 Å². The maximum atomic E-state index is 13.4. The van der Waals surface area contributed by atoms with Crippen molar-refractivity contribution in [1.82, 2.24) is 14.6 Å². The van der Waals surface area contributed by atoms with Crippen molar-refractivity contribution in [3.8, 4) is 6.07 Å². The molecular formula is C22H21F4N5OS. The highest BCUT2D eigenvalue weighted by atomic mass is 32.1. The van der Waals surface area contributed by atoms with Gasteiger partial charge in [0.2, 0.25) is 0 Å². The molecule has 6 nitrogen and oxygen atoms in total. The van der Waals surface area contributed by atoms with Crippen molar-refractivity contribution in [3.63, 3.8) is 0 Å². The van der Waals surface area contributed by atoms with Crippen LogP contribution in [-0.2, 0) is 12.8 Å². The number of alkyl halides is 4. The van der Waals surface area contributed by atoms with Crippen LogP contribution in [0.15, 0.2) is 12.1 Å². The molecule has 0 fully saturated rings. The standard InChI is InChI=1S/C22H21F4N5OS/c1-22(2,3)10-4-5-11-12(9-27)21(33-16(11)6-10)29-20(32)14-8-17-28-13(18(23)24)7-15(19(25)26)31(17)30-14/h7-8,10,18-19H,4-6H2,1-3H3,(H,29,32)/t10-/m0/s1. The number of halogens is 4. The summed E-state index contributed by atoms with van der Waals surface area (Å²) in [6.07, 6.45) is -3.66. The summed E-state index contributed by atoms with van der Waals surface area (Å²) >= 11 is 1.33. The first-order valence-corrected chi connectivity index (χ1v) is 11.1. The van der Waals surface area contributed by atoms with Gasteiger partial charge in [0.25, 0.3) is 18.8 Å². The van der Waals surface area contributed by atoms with Crippen LogP contribution in [0.1, 0.15) is 77.9 Å². The van der Waals surface area contributed by atoms with Gasteiger partial charge in [0, 0.05) is 10.9 Å². The lowest BCUT2D eigenvalue weighted by atomic mass is 9.72. The second-order valence-corrected chi connectivity index (χ2v) is 10.2. The van der Waals surface area contributed by atoms with Gasteiger partial charge in [0.15, 0.2) is 11.3 Å². The number of carbonyl (C=O) groups is 1. The fourth-order valence-electron chi connectivity index (χ4n) is 4.09. The van der Waals surface area contributed by atoms with Gasteiger partial charge in [-0.3, -0.25) is 4.79 Å². The summed E-state index contributed by atoms with van der Waals surface area (Å²) in [5.74, 6) is -0.290. The fourth-order valence-corrected chi connectivity index (χ4v) is 5.37. The number of hydrogen-bond donors (Lipinski definition) is 1. The van der Waals surface area contributed by atoms with Crippen molar-refractivity contribution in [2.45, 2.75) is 52.9 Å². The molecule has 0 spiro atoms. The van der Waals surface area contributed by atoms with Crippen LogP contribution in [0.3, 0.4) is 0 Å². The Morgan fingerprint density at radius 3 is 2.61 bits per heavy atom. The molecule has 0 unspecified atom stereocenters. The molecule has 0 bridgehead atoms. The van der Waals surface area contributed by atoms with Gasteiger partial charge in [0.05, 0.1) is 5.56 Å². The molecular weight excluding hydrogens is 458 g/mol. The van der Waals surface area contributed by atoms with E-state index in [1.54, 1.807) is 0 Å². The number of carbonyl (C=O) groups excluding carboxylic acids is 1. The highest BCUT2D eigenvalue weighted by molar-refractivity contribution is 7.16. The zero-order valence-corrected chi connectivity index (χ0v) is 18.9. The maximum Gasteiger partial charge on any atom is 0.280 e. The molecule has 33 heavy (non-hydrogen) atoms. The maximum absolute atomic E-state index is 13.4. The van der Waals surface area contributed by atoms with Crippen molar-refractivity contribution >= 4 is 27.9 Å². The zero-order chi connectivity index (χ0) is 24.1. The number of nitrogens with zero attached hydrogens (tertiary/aromatic N) is 4. The van der Waals surface area contributed by atoms with Crippen LogP contribution < -0.4 is 5.32 Å². The Hall–Kier alpha value is -3.00. The van der Waals surface area contributed by atoms with Crippen LogP contribution in [0.4, 0.5) is 22.6 Å². The van der Waals surface area contributed by atoms with Crippen molar-refractivity contribution in [2.24, 2.45) is 11.3 Å². The average molecular weight is 480 g/mol. The van der Waals surface area contributed by atoms with Gasteiger partial charge in [-0.2, -0.15) is 10.4 Å². The third-order valence-electron chi connectivity index (χ3n) is 5.98. The Bertz CT molecular complexity index is 1270. The highest BCUT2D eigenvalue weighted by Crippen LogP contribution is 2.44. The fraction of sp³-hybridized carbons (Fsp3) is 0.455. The van der Waals surface area contributed by atoms with E-state index in [0.29, 0.717) is 27.1 Å². The summed E-state index contributed by atoms with van der Waals surface area (Å²) in [5, 5.41) is 16.6. The van der Waals surface area contributed by atoms with E-state index in [2.05, 4.69) is 42.2 Å². The van der Waals surface area contributed by atoms with Crippen LogP contribution in [0, 0.1) is 22.7 Å². The normalized spacial score (nSPS) is 16.3. The Kier molecular flexibility index (Phi) is 5.90. The SMILES string of the molecule is CC(C)(C)[C@H]1CCc2c(sc(NC(=O)c3cc4nc(C(F)F)cc(C(F)F)n4n3)c2C#N)C1. The van der Waals surface area contributed by atoms with Crippen molar-refractivity contribution < 1.29 is 22.4 Å². The molecule has 0 aliphatic heterocycles. The van der Waals surface area contributed by atoms with E-state index >= 15 is 0 Å². The number of fused-ring (bicyclic) bond motifs is 2. The smallest absolute Gasteiger partial charge is 0.280 e. The van der Waals surface area contributed by atoms with Crippen molar-refractivity contribution in [1.29, 1.82) is 5.26 Å².